The van der Waals surface area contributed by atoms with Crippen molar-refractivity contribution in [1.82, 2.24) is 4.31 Å². The van der Waals surface area contributed by atoms with Crippen molar-refractivity contribution in [3.8, 4) is 0 Å². The first-order chi connectivity index (χ1) is 7.39. The molecule has 0 bridgehead atoms. The molecule has 0 radical (unpaired) electrons. The summed E-state index contributed by atoms with van der Waals surface area (Å²) in [7, 11) is -1.77. The van der Waals surface area contributed by atoms with E-state index in [1.165, 1.54) is 4.31 Å². The fourth-order valence-electron chi connectivity index (χ4n) is 1.42. The molecule has 1 rings (SSSR count). The molecule has 0 heterocycles. The van der Waals surface area contributed by atoms with Gasteiger partial charge in [-0.25, -0.2) is 12.7 Å². The molecule has 0 amide bonds. The normalized spacial score (nSPS) is 12.0. The smallest absolute Gasteiger partial charge is 0.242 e. The minimum absolute atomic E-state index is 0.301. The molecule has 0 spiro atoms. The van der Waals surface area contributed by atoms with Crippen molar-refractivity contribution in [3.63, 3.8) is 0 Å². The monoisotopic (exact) mass is 242 g/mol. The van der Waals surface area contributed by atoms with Crippen LogP contribution in [0.25, 0.3) is 0 Å². The molecule has 90 valence electrons. The third-order valence-electron chi connectivity index (χ3n) is 2.49. The van der Waals surface area contributed by atoms with Crippen molar-refractivity contribution >= 4 is 15.7 Å². The molecule has 4 nitrogen and oxygen atoms in total. The van der Waals surface area contributed by atoms with E-state index in [0.29, 0.717) is 17.1 Å². The highest BCUT2D eigenvalue weighted by Crippen LogP contribution is 2.19. The van der Waals surface area contributed by atoms with Gasteiger partial charge in [-0.2, -0.15) is 0 Å². The number of sulfonamides is 1. The first kappa shape index (κ1) is 13.0. The quantitative estimate of drug-likeness (QED) is 0.816. The minimum Gasteiger partial charge on any atom is -0.399 e. The van der Waals surface area contributed by atoms with Crippen molar-refractivity contribution < 1.29 is 8.42 Å². The second kappa shape index (κ2) is 4.84. The van der Waals surface area contributed by atoms with Crippen molar-refractivity contribution in [2.45, 2.75) is 25.2 Å². The summed E-state index contributed by atoms with van der Waals surface area (Å²) >= 11 is 0. The maximum atomic E-state index is 12.1. The van der Waals surface area contributed by atoms with Crippen LogP contribution in [0, 0.1) is 6.92 Å². The van der Waals surface area contributed by atoms with Gasteiger partial charge < -0.3 is 5.73 Å². The van der Waals surface area contributed by atoms with Gasteiger partial charge in [0.25, 0.3) is 0 Å². The predicted octanol–water partition coefficient (Wildman–Crippen LogP) is 1.61. The molecule has 5 heteroatoms. The molecule has 0 saturated carbocycles. The van der Waals surface area contributed by atoms with Gasteiger partial charge in [-0.15, -0.1) is 0 Å². The average Bonchev–Trinajstić information content (AvgIpc) is 2.22. The van der Waals surface area contributed by atoms with E-state index < -0.39 is 10.0 Å². The van der Waals surface area contributed by atoms with Crippen LogP contribution < -0.4 is 5.73 Å². The van der Waals surface area contributed by atoms with E-state index in [9.17, 15) is 8.42 Å². The number of rotatable bonds is 4. The van der Waals surface area contributed by atoms with Gasteiger partial charge in [-0.1, -0.05) is 6.92 Å². The Morgan fingerprint density at radius 2 is 2.00 bits per heavy atom. The molecule has 2 N–H and O–H groups in total. The summed E-state index contributed by atoms with van der Waals surface area (Å²) < 4.78 is 25.5. The number of nitrogens with two attached hydrogens (primary N) is 1. The highest BCUT2D eigenvalue weighted by molar-refractivity contribution is 7.89. The second-order valence-electron chi connectivity index (χ2n) is 3.84. The van der Waals surface area contributed by atoms with Gasteiger partial charge >= 0.3 is 0 Å². The van der Waals surface area contributed by atoms with Crippen LogP contribution in [0.1, 0.15) is 18.9 Å². The molecule has 16 heavy (non-hydrogen) atoms. The molecule has 0 atom stereocenters. The molecular formula is C11H18N2O2S. The lowest BCUT2D eigenvalue weighted by Gasteiger charge is -2.16. The summed E-state index contributed by atoms with van der Waals surface area (Å²) in [5, 5.41) is 0. The van der Waals surface area contributed by atoms with Crippen molar-refractivity contribution in [2.75, 3.05) is 19.3 Å². The first-order valence-electron chi connectivity index (χ1n) is 5.22. The zero-order chi connectivity index (χ0) is 12.3. The number of aryl methyl sites for hydroxylation is 1. The van der Waals surface area contributed by atoms with Crippen molar-refractivity contribution in [3.05, 3.63) is 23.8 Å². The van der Waals surface area contributed by atoms with Gasteiger partial charge in [-0.05, 0) is 37.1 Å². The Morgan fingerprint density at radius 3 is 2.50 bits per heavy atom. The number of hydrogen-bond acceptors (Lipinski definition) is 3. The van der Waals surface area contributed by atoms with E-state index in [2.05, 4.69) is 0 Å². The van der Waals surface area contributed by atoms with Crippen LogP contribution in [0.5, 0.6) is 0 Å². The summed E-state index contributed by atoms with van der Waals surface area (Å²) in [5.74, 6) is 0. The van der Waals surface area contributed by atoms with Gasteiger partial charge in [0.2, 0.25) is 10.0 Å². The molecule has 0 aliphatic carbocycles. The van der Waals surface area contributed by atoms with Crippen LogP contribution in [0.3, 0.4) is 0 Å². The predicted molar refractivity (Wildman–Crippen MR) is 65.7 cm³/mol. The molecule has 1 aromatic rings. The van der Waals surface area contributed by atoms with Crippen LogP contribution >= 0.6 is 0 Å². The SMILES string of the molecule is CCCN(C)S(=O)(=O)c1ccc(N)c(C)c1. The number of benzene rings is 1. The Balaban J connectivity index is 3.12. The van der Waals surface area contributed by atoms with Crippen molar-refractivity contribution in [1.29, 1.82) is 0 Å². The largest absolute Gasteiger partial charge is 0.399 e. The van der Waals surface area contributed by atoms with Crippen LogP contribution in [-0.4, -0.2) is 26.3 Å². The highest BCUT2D eigenvalue weighted by Gasteiger charge is 2.20. The van der Waals surface area contributed by atoms with E-state index >= 15 is 0 Å². The summed E-state index contributed by atoms with van der Waals surface area (Å²) in [5.41, 5.74) is 7.05. The third-order valence-corrected chi connectivity index (χ3v) is 4.34. The molecule has 0 fully saturated rings. The maximum Gasteiger partial charge on any atom is 0.242 e. The lowest BCUT2D eigenvalue weighted by Crippen LogP contribution is -2.27. The maximum absolute atomic E-state index is 12.1. The molecule has 0 aromatic heterocycles. The van der Waals surface area contributed by atoms with Gasteiger partial charge in [0, 0.05) is 19.3 Å². The molecule has 0 aliphatic rings. The number of nitrogen functional groups attached to an aromatic ring is 1. The zero-order valence-corrected chi connectivity index (χ0v) is 10.7. The molecule has 0 saturated heterocycles. The molecule has 0 unspecified atom stereocenters. The van der Waals surface area contributed by atoms with Gasteiger partial charge in [0.15, 0.2) is 0 Å². The standard InChI is InChI=1S/C11H18N2O2S/c1-4-7-13(3)16(14,15)10-5-6-11(12)9(2)8-10/h5-6,8H,4,7,12H2,1-3H3. The Labute approximate surface area is 97.1 Å². The highest BCUT2D eigenvalue weighted by atomic mass is 32.2. The first-order valence-corrected chi connectivity index (χ1v) is 6.66. The summed E-state index contributed by atoms with van der Waals surface area (Å²) in [6, 6.07) is 4.78. The average molecular weight is 242 g/mol. The minimum atomic E-state index is -3.36. The number of hydrogen-bond donors (Lipinski definition) is 1. The van der Waals surface area contributed by atoms with Crippen molar-refractivity contribution in [2.24, 2.45) is 0 Å². The van der Waals surface area contributed by atoms with E-state index in [1.54, 1.807) is 32.2 Å². The third kappa shape index (κ3) is 2.54. The van der Waals surface area contributed by atoms with Crippen LogP contribution in [0.2, 0.25) is 0 Å². The fourth-order valence-corrected chi connectivity index (χ4v) is 2.77. The summed E-state index contributed by atoms with van der Waals surface area (Å²) in [4.78, 5) is 0.301. The Morgan fingerprint density at radius 1 is 1.38 bits per heavy atom. The van der Waals surface area contributed by atoms with Gasteiger partial charge in [0.05, 0.1) is 4.90 Å². The van der Waals surface area contributed by atoms with Crippen LogP contribution in [0.15, 0.2) is 23.1 Å². The lowest BCUT2D eigenvalue weighted by molar-refractivity contribution is 0.468. The fraction of sp³-hybridized carbons (Fsp3) is 0.455. The summed E-state index contributed by atoms with van der Waals surface area (Å²) in [6.45, 7) is 4.26. The van der Waals surface area contributed by atoms with Gasteiger partial charge in [-0.3, -0.25) is 0 Å². The van der Waals surface area contributed by atoms with E-state index in [-0.39, 0.29) is 0 Å². The number of nitrogens with zero attached hydrogens (tertiary/aromatic N) is 1. The van der Waals surface area contributed by atoms with E-state index in [0.717, 1.165) is 12.0 Å². The topological polar surface area (TPSA) is 63.4 Å². The second-order valence-corrected chi connectivity index (χ2v) is 5.89. The van der Waals surface area contributed by atoms with Gasteiger partial charge in [0.1, 0.15) is 0 Å². The number of anilines is 1. The molecular weight excluding hydrogens is 224 g/mol. The Hall–Kier alpha value is -1.07. The summed E-state index contributed by atoms with van der Waals surface area (Å²) in [6.07, 6.45) is 0.795. The van der Waals surface area contributed by atoms with E-state index in [1.807, 2.05) is 6.92 Å². The van der Waals surface area contributed by atoms with E-state index in [4.69, 9.17) is 5.73 Å². The lowest BCUT2D eigenvalue weighted by atomic mass is 10.2. The van der Waals surface area contributed by atoms with Crippen LogP contribution in [0.4, 0.5) is 5.69 Å². The van der Waals surface area contributed by atoms with Crippen LogP contribution in [-0.2, 0) is 10.0 Å². The molecule has 0 aliphatic heterocycles. The Kier molecular flexibility index (Phi) is 3.93. The molecule has 1 aromatic carbocycles. The Bertz CT molecular complexity index is 469. The zero-order valence-electron chi connectivity index (χ0n) is 9.90.